The van der Waals surface area contributed by atoms with Crippen molar-refractivity contribution in [1.82, 2.24) is 24.6 Å². The van der Waals surface area contributed by atoms with E-state index in [1.165, 1.54) is 17.5 Å². The molecule has 1 spiro atoms. The second-order valence-corrected chi connectivity index (χ2v) is 14.4. The number of anilines is 4. The number of methoxy groups -OCH3 is 1. The van der Waals surface area contributed by atoms with E-state index in [0.717, 1.165) is 80.8 Å². The van der Waals surface area contributed by atoms with Crippen molar-refractivity contribution in [1.29, 1.82) is 0 Å². The number of hydroxylamine groups is 1. The van der Waals surface area contributed by atoms with E-state index >= 15 is 0 Å². The minimum absolute atomic E-state index is 0.212. The van der Waals surface area contributed by atoms with Gasteiger partial charge in [-0.15, -0.1) is 0 Å². The molecule has 2 aromatic carbocycles. The average Bonchev–Trinajstić information content (AvgIpc) is 3.79. The Bertz CT molecular complexity index is 1820. The van der Waals surface area contributed by atoms with Crippen molar-refractivity contribution >= 4 is 23.0 Å². The fourth-order valence-corrected chi connectivity index (χ4v) is 7.70. The second kappa shape index (κ2) is 13.7. The summed E-state index contributed by atoms with van der Waals surface area (Å²) in [5, 5.41) is 9.38. The van der Waals surface area contributed by atoms with Crippen molar-refractivity contribution in [2.75, 3.05) is 61.9 Å². The molecule has 3 aliphatic rings. The van der Waals surface area contributed by atoms with E-state index < -0.39 is 23.2 Å². The van der Waals surface area contributed by atoms with Crippen LogP contribution < -0.4 is 20.0 Å². The molecule has 1 N–H and O–H groups in total. The maximum Gasteiger partial charge on any atom is 0.158 e. The molecule has 50 heavy (non-hydrogen) atoms. The Hall–Kier alpha value is -4.36. The summed E-state index contributed by atoms with van der Waals surface area (Å²) in [5.74, 6) is 0.528. The van der Waals surface area contributed by atoms with Crippen LogP contribution in [0.2, 0.25) is 0 Å². The third-order valence-electron chi connectivity index (χ3n) is 10.9. The van der Waals surface area contributed by atoms with Crippen LogP contribution in [0, 0.1) is 17.0 Å². The minimum Gasteiger partial charge on any atom is -0.494 e. The molecule has 266 valence electrons. The number of alkyl halides is 1. The number of ether oxygens (including phenoxy) is 1. The van der Waals surface area contributed by atoms with Gasteiger partial charge in [-0.25, -0.2) is 28.2 Å². The van der Waals surface area contributed by atoms with Crippen molar-refractivity contribution in [3.63, 3.8) is 0 Å². The van der Waals surface area contributed by atoms with Gasteiger partial charge in [0.25, 0.3) is 0 Å². The number of piperidine rings is 2. The highest BCUT2D eigenvalue weighted by atomic mass is 19.1. The predicted molar refractivity (Wildman–Crippen MR) is 187 cm³/mol. The number of halogens is 3. The summed E-state index contributed by atoms with van der Waals surface area (Å²) in [6.07, 6.45) is 10.1. The normalized spacial score (nSPS) is 19.7. The summed E-state index contributed by atoms with van der Waals surface area (Å²) in [7, 11) is 3.55. The number of aromatic nitrogens is 4. The molecule has 0 amide bonds. The van der Waals surface area contributed by atoms with Crippen LogP contribution in [0.15, 0.2) is 55.1 Å². The minimum atomic E-state index is -0.544. The van der Waals surface area contributed by atoms with Crippen molar-refractivity contribution < 1.29 is 22.7 Å². The molecule has 0 radical (unpaired) electrons. The Morgan fingerprint density at radius 2 is 1.78 bits per heavy atom. The highest BCUT2D eigenvalue weighted by molar-refractivity contribution is 5.85. The lowest BCUT2D eigenvalue weighted by molar-refractivity contribution is 0.0112. The smallest absolute Gasteiger partial charge is 0.158 e. The predicted octanol–water partition coefficient (Wildman–Crippen LogP) is 7.22. The highest BCUT2D eigenvalue weighted by Crippen LogP contribution is 2.47. The zero-order chi connectivity index (χ0) is 35.0. The monoisotopic (exact) mass is 690 g/mol. The van der Waals surface area contributed by atoms with Gasteiger partial charge in [0.05, 0.1) is 31.6 Å². The maximum absolute atomic E-state index is 14.7. The number of benzene rings is 2. The van der Waals surface area contributed by atoms with Crippen LogP contribution in [0.3, 0.4) is 0 Å². The van der Waals surface area contributed by atoms with E-state index in [1.54, 1.807) is 17.9 Å². The lowest BCUT2D eigenvalue weighted by Gasteiger charge is -2.50. The standard InChI is InChI=1S/C37H45F3N8O2/c1-36(2,23-38)47-14-10-37(11-15-47)8-12-46(13-9-37)32-19-33(49-4)30(18-27(32)25-21-43-45(3)22-25)44-34-20-35(42-24-41-34)48-31(7-16-50-48)28-17-26(39)5-6-29(28)40/h5-6,17-22,24,31H,7-16,23H2,1-4H3,(H,41,42,44)/t31-/m1/s1. The molecular weight excluding hydrogens is 645 g/mol. The van der Waals surface area contributed by atoms with Crippen molar-refractivity contribution in [3.05, 3.63) is 72.3 Å². The Balaban J connectivity index is 1.14. The van der Waals surface area contributed by atoms with Crippen LogP contribution in [0.1, 0.15) is 57.6 Å². The first-order valence-electron chi connectivity index (χ1n) is 17.3. The summed E-state index contributed by atoms with van der Waals surface area (Å²) in [6.45, 7) is 7.69. The molecule has 1 atom stereocenters. The number of rotatable bonds is 9. The third kappa shape index (κ3) is 6.72. The van der Waals surface area contributed by atoms with Crippen molar-refractivity contribution in [2.45, 2.75) is 57.5 Å². The first-order chi connectivity index (χ1) is 24.1. The number of hydrogen-bond donors (Lipinski definition) is 1. The number of nitrogens with zero attached hydrogens (tertiary/aromatic N) is 7. The molecule has 3 fully saturated rings. The van der Waals surface area contributed by atoms with Gasteiger partial charge in [0.2, 0.25) is 0 Å². The lowest BCUT2D eigenvalue weighted by atomic mass is 9.70. The van der Waals surface area contributed by atoms with E-state index in [0.29, 0.717) is 36.1 Å². The summed E-state index contributed by atoms with van der Waals surface area (Å²) in [4.78, 5) is 19.5. The Morgan fingerprint density at radius 3 is 2.48 bits per heavy atom. The molecular formula is C37H45F3N8O2. The largest absolute Gasteiger partial charge is 0.494 e. The molecule has 7 rings (SSSR count). The van der Waals surface area contributed by atoms with E-state index in [9.17, 15) is 13.2 Å². The average molecular weight is 691 g/mol. The van der Waals surface area contributed by atoms with Crippen LogP contribution in [0.25, 0.3) is 11.1 Å². The number of hydrogen-bond acceptors (Lipinski definition) is 9. The van der Waals surface area contributed by atoms with Crippen LogP contribution in [0.5, 0.6) is 5.75 Å². The Morgan fingerprint density at radius 1 is 1.02 bits per heavy atom. The van der Waals surface area contributed by atoms with Crippen LogP contribution in [-0.4, -0.2) is 76.8 Å². The van der Waals surface area contributed by atoms with Gasteiger partial charge in [0.15, 0.2) is 5.82 Å². The van der Waals surface area contributed by atoms with E-state index in [2.05, 4.69) is 42.3 Å². The molecule has 0 aliphatic carbocycles. The van der Waals surface area contributed by atoms with Crippen LogP contribution in [-0.2, 0) is 11.9 Å². The Labute approximate surface area is 291 Å². The molecule has 2 aromatic heterocycles. The lowest BCUT2D eigenvalue weighted by Crippen LogP contribution is -2.53. The van der Waals surface area contributed by atoms with Gasteiger partial charge < -0.3 is 15.0 Å². The molecule has 0 bridgehead atoms. The first kappa shape index (κ1) is 34.1. The van der Waals surface area contributed by atoms with Gasteiger partial charge in [0, 0.05) is 72.8 Å². The van der Waals surface area contributed by atoms with Gasteiger partial charge in [-0.3, -0.25) is 14.4 Å². The number of nitrogens with one attached hydrogen (secondary N) is 1. The maximum atomic E-state index is 14.7. The summed E-state index contributed by atoms with van der Waals surface area (Å²) in [6, 6.07) is 8.75. The molecule has 0 saturated carbocycles. The van der Waals surface area contributed by atoms with Crippen LogP contribution in [0.4, 0.5) is 36.2 Å². The van der Waals surface area contributed by atoms with E-state index in [-0.39, 0.29) is 17.7 Å². The summed E-state index contributed by atoms with van der Waals surface area (Å²) in [5.41, 5.74) is 3.84. The summed E-state index contributed by atoms with van der Waals surface area (Å²) >= 11 is 0. The van der Waals surface area contributed by atoms with Crippen molar-refractivity contribution in [3.8, 4) is 16.9 Å². The van der Waals surface area contributed by atoms with Crippen molar-refractivity contribution in [2.24, 2.45) is 12.5 Å². The van der Waals surface area contributed by atoms with Crippen LogP contribution >= 0.6 is 0 Å². The molecule has 3 aliphatic heterocycles. The molecule has 10 nitrogen and oxygen atoms in total. The number of aryl methyl sites for hydroxylation is 1. The third-order valence-corrected chi connectivity index (χ3v) is 10.9. The topological polar surface area (TPSA) is 83.8 Å². The highest BCUT2D eigenvalue weighted by Gasteiger charge is 2.41. The van der Waals surface area contributed by atoms with E-state index in [4.69, 9.17) is 9.57 Å². The van der Waals surface area contributed by atoms with Gasteiger partial charge >= 0.3 is 0 Å². The second-order valence-electron chi connectivity index (χ2n) is 14.4. The fourth-order valence-electron chi connectivity index (χ4n) is 7.70. The Kier molecular flexibility index (Phi) is 9.38. The zero-order valence-electron chi connectivity index (χ0n) is 29.1. The van der Waals surface area contributed by atoms with Gasteiger partial charge in [-0.05, 0) is 82.3 Å². The number of likely N-dealkylation sites (tertiary alicyclic amines) is 1. The molecule has 0 unspecified atom stereocenters. The fraction of sp³-hybridized carbons (Fsp3) is 0.486. The quantitative estimate of drug-likeness (QED) is 0.196. The zero-order valence-corrected chi connectivity index (χ0v) is 29.1. The van der Waals surface area contributed by atoms with Gasteiger partial charge in [-0.2, -0.15) is 5.10 Å². The van der Waals surface area contributed by atoms with E-state index in [1.807, 2.05) is 33.3 Å². The molecule has 4 aromatic rings. The van der Waals surface area contributed by atoms with Gasteiger partial charge in [-0.1, -0.05) is 0 Å². The molecule has 3 saturated heterocycles. The molecule has 13 heteroatoms. The summed E-state index contributed by atoms with van der Waals surface area (Å²) < 4.78 is 50.2. The molecule has 5 heterocycles. The van der Waals surface area contributed by atoms with Gasteiger partial charge in [0.1, 0.15) is 36.2 Å². The first-order valence-corrected chi connectivity index (χ1v) is 17.3. The SMILES string of the molecule is COc1cc(N2CCC3(CC2)CCN(C(C)(C)CF)CC3)c(-c2cnn(C)c2)cc1Nc1cc(N2OCC[C@@H]2c2cc(F)ccc2F)ncn1.